The van der Waals surface area contributed by atoms with E-state index in [1.807, 2.05) is 30.3 Å². The summed E-state index contributed by atoms with van der Waals surface area (Å²) in [5.41, 5.74) is 3.11. The lowest BCUT2D eigenvalue weighted by atomic mass is 10.2. The summed E-state index contributed by atoms with van der Waals surface area (Å²) >= 11 is 1.56. The van der Waals surface area contributed by atoms with E-state index in [1.54, 1.807) is 24.5 Å². The quantitative estimate of drug-likeness (QED) is 0.731. The lowest BCUT2D eigenvalue weighted by molar-refractivity contribution is 0.101. The number of H-pyrrole nitrogens is 1. The number of hydrogen-bond donors (Lipinski definition) is 1. The van der Waals surface area contributed by atoms with Crippen molar-refractivity contribution in [3.8, 4) is 21.1 Å². The molecular formula is C16H15N3O2S. The Kier molecular flexibility index (Phi) is 4.13. The summed E-state index contributed by atoms with van der Waals surface area (Å²) in [7, 11) is 1.64. The van der Waals surface area contributed by atoms with Gasteiger partial charge in [-0.3, -0.25) is 9.89 Å². The second kappa shape index (κ2) is 6.21. The van der Waals surface area contributed by atoms with Gasteiger partial charge in [0, 0.05) is 19.6 Å². The van der Waals surface area contributed by atoms with Gasteiger partial charge in [-0.25, -0.2) is 4.98 Å². The maximum Gasteiger partial charge on any atom is 0.179 e. The van der Waals surface area contributed by atoms with E-state index in [2.05, 4.69) is 15.2 Å². The molecule has 0 aliphatic rings. The van der Waals surface area contributed by atoms with E-state index >= 15 is 0 Å². The molecule has 0 bridgehead atoms. The van der Waals surface area contributed by atoms with Gasteiger partial charge in [-0.15, -0.1) is 11.3 Å². The Morgan fingerprint density at radius 2 is 2.09 bits per heavy atom. The highest BCUT2D eigenvalue weighted by atomic mass is 32.1. The third-order valence-corrected chi connectivity index (χ3v) is 4.36. The van der Waals surface area contributed by atoms with Crippen molar-refractivity contribution in [1.29, 1.82) is 0 Å². The van der Waals surface area contributed by atoms with Crippen LogP contribution in [0.1, 0.15) is 23.1 Å². The lowest BCUT2D eigenvalue weighted by Gasteiger charge is -1.97. The maximum absolute atomic E-state index is 11.4. The number of benzene rings is 1. The number of aromatic nitrogens is 3. The zero-order valence-corrected chi connectivity index (χ0v) is 13.1. The Morgan fingerprint density at radius 1 is 1.32 bits per heavy atom. The summed E-state index contributed by atoms with van der Waals surface area (Å²) in [5, 5.41) is 7.87. The first-order valence-electron chi connectivity index (χ1n) is 6.80. The van der Waals surface area contributed by atoms with Crippen LogP contribution in [0.4, 0.5) is 0 Å². The maximum atomic E-state index is 11.4. The number of rotatable bonds is 5. The van der Waals surface area contributed by atoms with E-state index in [4.69, 9.17) is 4.74 Å². The lowest BCUT2D eigenvalue weighted by Crippen LogP contribution is -1.91. The van der Waals surface area contributed by atoms with Crippen LogP contribution in [0, 0.1) is 0 Å². The second-order valence-electron chi connectivity index (χ2n) is 4.82. The van der Waals surface area contributed by atoms with E-state index in [0.717, 1.165) is 26.8 Å². The molecule has 0 amide bonds. The number of ether oxygens (including phenoxy) is 1. The van der Waals surface area contributed by atoms with Gasteiger partial charge < -0.3 is 4.74 Å². The highest BCUT2D eigenvalue weighted by Gasteiger charge is 2.17. The third kappa shape index (κ3) is 2.84. The van der Waals surface area contributed by atoms with Crippen molar-refractivity contribution < 1.29 is 9.53 Å². The third-order valence-electron chi connectivity index (χ3n) is 3.18. The molecule has 1 aromatic carbocycles. The SMILES string of the molecule is COCc1nc(-c2ccccc2)sc1-c1cc(C(C)=O)n[nH]1. The van der Waals surface area contributed by atoms with Crippen LogP contribution in [0.3, 0.4) is 0 Å². The number of nitrogens with one attached hydrogen (secondary N) is 1. The fraction of sp³-hybridized carbons (Fsp3) is 0.188. The highest BCUT2D eigenvalue weighted by molar-refractivity contribution is 7.18. The number of methoxy groups -OCH3 is 1. The van der Waals surface area contributed by atoms with Crippen molar-refractivity contribution in [1.82, 2.24) is 15.2 Å². The Bertz CT molecular complexity index is 793. The van der Waals surface area contributed by atoms with E-state index in [-0.39, 0.29) is 5.78 Å². The molecule has 2 aromatic heterocycles. The van der Waals surface area contributed by atoms with Gasteiger partial charge in [-0.1, -0.05) is 30.3 Å². The smallest absolute Gasteiger partial charge is 0.179 e. The summed E-state index contributed by atoms with van der Waals surface area (Å²) in [4.78, 5) is 17.0. The van der Waals surface area contributed by atoms with E-state index in [0.29, 0.717) is 12.3 Å². The van der Waals surface area contributed by atoms with E-state index in [9.17, 15) is 4.79 Å². The topological polar surface area (TPSA) is 67.9 Å². The van der Waals surface area contributed by atoms with Gasteiger partial charge in [0.05, 0.1) is 22.9 Å². The molecule has 0 fully saturated rings. The van der Waals surface area contributed by atoms with Crippen molar-refractivity contribution in [3.05, 3.63) is 47.8 Å². The number of aromatic amines is 1. The number of carbonyl (C=O) groups is 1. The molecule has 112 valence electrons. The molecule has 2 heterocycles. The molecule has 0 unspecified atom stereocenters. The Labute approximate surface area is 132 Å². The molecule has 0 aliphatic carbocycles. The molecule has 0 saturated heterocycles. The molecule has 0 atom stereocenters. The molecule has 5 nitrogen and oxygen atoms in total. The summed E-state index contributed by atoms with van der Waals surface area (Å²) in [6.45, 7) is 1.91. The highest BCUT2D eigenvalue weighted by Crippen LogP contribution is 2.35. The fourth-order valence-electron chi connectivity index (χ4n) is 2.12. The van der Waals surface area contributed by atoms with Crippen molar-refractivity contribution in [2.75, 3.05) is 7.11 Å². The number of ketones is 1. The molecule has 0 saturated carbocycles. The molecule has 22 heavy (non-hydrogen) atoms. The van der Waals surface area contributed by atoms with Gasteiger partial charge >= 0.3 is 0 Å². The molecule has 0 radical (unpaired) electrons. The van der Waals surface area contributed by atoms with Crippen LogP contribution >= 0.6 is 11.3 Å². The van der Waals surface area contributed by atoms with Crippen LogP contribution < -0.4 is 0 Å². The van der Waals surface area contributed by atoms with Gasteiger partial charge in [0.25, 0.3) is 0 Å². The summed E-state index contributed by atoms with van der Waals surface area (Å²) in [5.74, 6) is -0.0661. The summed E-state index contributed by atoms with van der Waals surface area (Å²) in [6, 6.07) is 11.7. The molecule has 0 aliphatic heterocycles. The normalized spacial score (nSPS) is 10.8. The Hall–Kier alpha value is -2.31. The van der Waals surface area contributed by atoms with E-state index < -0.39 is 0 Å². The first-order valence-corrected chi connectivity index (χ1v) is 7.61. The minimum absolute atomic E-state index is 0.0661. The summed E-state index contributed by atoms with van der Waals surface area (Å²) < 4.78 is 5.24. The van der Waals surface area contributed by atoms with Gasteiger partial charge in [-0.2, -0.15) is 5.10 Å². The van der Waals surface area contributed by atoms with Gasteiger partial charge in [0.15, 0.2) is 5.78 Å². The van der Waals surface area contributed by atoms with Crippen molar-refractivity contribution >= 4 is 17.1 Å². The van der Waals surface area contributed by atoms with Crippen LogP contribution in [0.2, 0.25) is 0 Å². The minimum atomic E-state index is -0.0661. The first-order chi connectivity index (χ1) is 10.7. The number of thiazole rings is 1. The number of hydrogen-bond acceptors (Lipinski definition) is 5. The Balaban J connectivity index is 2.05. The molecule has 3 aromatic rings. The average molecular weight is 313 g/mol. The van der Waals surface area contributed by atoms with E-state index in [1.165, 1.54) is 6.92 Å². The van der Waals surface area contributed by atoms with Crippen molar-refractivity contribution in [3.63, 3.8) is 0 Å². The van der Waals surface area contributed by atoms with Gasteiger partial charge in [0.2, 0.25) is 0 Å². The molecule has 6 heteroatoms. The largest absolute Gasteiger partial charge is 0.378 e. The Morgan fingerprint density at radius 3 is 2.73 bits per heavy atom. The zero-order chi connectivity index (χ0) is 15.5. The van der Waals surface area contributed by atoms with Crippen LogP contribution in [-0.2, 0) is 11.3 Å². The number of nitrogens with zero attached hydrogens (tertiary/aromatic N) is 2. The average Bonchev–Trinajstić information content (AvgIpc) is 3.15. The van der Waals surface area contributed by atoms with Crippen LogP contribution in [0.15, 0.2) is 36.4 Å². The first kappa shape index (κ1) is 14.6. The number of Topliss-reactive ketones (excluding diaryl/α,β-unsaturated/α-hetero) is 1. The standard InChI is InChI=1S/C16H15N3O2S/c1-10(20)12-8-13(19-18-12)15-14(9-21-2)17-16(22-15)11-6-4-3-5-7-11/h3-8H,9H2,1-2H3,(H,18,19). The van der Waals surface area contributed by atoms with Crippen molar-refractivity contribution in [2.45, 2.75) is 13.5 Å². The molecule has 0 spiro atoms. The van der Waals surface area contributed by atoms with Gasteiger partial charge in [0.1, 0.15) is 10.7 Å². The minimum Gasteiger partial charge on any atom is -0.378 e. The van der Waals surface area contributed by atoms with Gasteiger partial charge in [-0.05, 0) is 6.07 Å². The molecule has 3 rings (SSSR count). The number of carbonyl (C=O) groups excluding carboxylic acids is 1. The predicted octanol–water partition coefficient (Wildman–Crippen LogP) is 3.55. The predicted molar refractivity (Wildman–Crippen MR) is 85.8 cm³/mol. The molecular weight excluding hydrogens is 298 g/mol. The second-order valence-corrected chi connectivity index (χ2v) is 5.82. The summed E-state index contributed by atoms with van der Waals surface area (Å²) in [6.07, 6.45) is 0. The fourth-order valence-corrected chi connectivity index (χ4v) is 3.16. The zero-order valence-electron chi connectivity index (χ0n) is 12.3. The molecule has 1 N–H and O–H groups in total. The van der Waals surface area contributed by atoms with Crippen LogP contribution in [0.25, 0.3) is 21.1 Å². The van der Waals surface area contributed by atoms with Crippen LogP contribution in [0.5, 0.6) is 0 Å². The van der Waals surface area contributed by atoms with Crippen molar-refractivity contribution in [2.24, 2.45) is 0 Å². The monoisotopic (exact) mass is 313 g/mol. The van der Waals surface area contributed by atoms with Crippen LogP contribution in [-0.4, -0.2) is 28.1 Å².